The van der Waals surface area contributed by atoms with Gasteiger partial charge in [-0.15, -0.1) is 0 Å². The molecule has 1 amide bonds. The number of hydrogen-bond acceptors (Lipinski definition) is 4. The molecule has 0 radical (unpaired) electrons. The van der Waals surface area contributed by atoms with Crippen molar-refractivity contribution in [3.8, 4) is 11.8 Å². The molecule has 0 aliphatic rings. The average Bonchev–Trinajstić information content (AvgIpc) is 2.58. The Balaban J connectivity index is 1.78. The highest BCUT2D eigenvalue weighted by Crippen LogP contribution is 2.00. The number of aromatic carboxylic acids is 1. The lowest BCUT2D eigenvalue weighted by molar-refractivity contribution is 0.0690. The SMILES string of the molecule is O=C(NCC#Cc1cccc(C(=O)O)n1)OCc1ccccc1. The molecule has 2 aromatic rings. The van der Waals surface area contributed by atoms with E-state index in [1.807, 2.05) is 30.3 Å². The Kier molecular flexibility index (Phi) is 5.72. The fraction of sp³-hybridized carbons (Fsp3) is 0.118. The first-order valence-electron chi connectivity index (χ1n) is 6.79. The van der Waals surface area contributed by atoms with E-state index in [0.717, 1.165) is 5.56 Å². The number of rotatable bonds is 4. The van der Waals surface area contributed by atoms with Crippen LogP contribution in [0.4, 0.5) is 4.79 Å². The number of benzene rings is 1. The van der Waals surface area contributed by atoms with Gasteiger partial charge in [0.1, 0.15) is 18.0 Å². The standard InChI is InChI=1S/C17H14N2O4/c20-16(21)15-10-4-8-14(19-15)9-5-11-18-17(22)23-12-13-6-2-1-3-7-13/h1-4,6-8,10H,11-12H2,(H,18,22)(H,20,21). The molecule has 6 heteroatoms. The quantitative estimate of drug-likeness (QED) is 0.844. The van der Waals surface area contributed by atoms with Gasteiger partial charge in [0.05, 0.1) is 6.54 Å². The molecule has 0 unspecified atom stereocenters. The number of ether oxygens (including phenoxy) is 1. The zero-order valence-electron chi connectivity index (χ0n) is 12.2. The van der Waals surface area contributed by atoms with E-state index in [1.165, 1.54) is 6.07 Å². The molecule has 0 fully saturated rings. The lowest BCUT2D eigenvalue weighted by Crippen LogP contribution is -2.24. The number of aromatic nitrogens is 1. The largest absolute Gasteiger partial charge is 0.477 e. The maximum atomic E-state index is 11.5. The van der Waals surface area contributed by atoms with Crippen LogP contribution < -0.4 is 5.32 Å². The second kappa shape index (κ2) is 8.20. The van der Waals surface area contributed by atoms with Crippen LogP contribution in [0.3, 0.4) is 0 Å². The number of pyridine rings is 1. The predicted molar refractivity (Wildman–Crippen MR) is 82.7 cm³/mol. The molecule has 2 rings (SSSR count). The summed E-state index contributed by atoms with van der Waals surface area (Å²) in [6.45, 7) is 0.259. The minimum absolute atomic E-state index is 0.0760. The summed E-state index contributed by atoms with van der Waals surface area (Å²) in [7, 11) is 0. The molecule has 6 nitrogen and oxygen atoms in total. The van der Waals surface area contributed by atoms with Crippen LogP contribution in [0.5, 0.6) is 0 Å². The Morgan fingerprint density at radius 2 is 1.91 bits per heavy atom. The highest BCUT2D eigenvalue weighted by Gasteiger charge is 2.03. The van der Waals surface area contributed by atoms with Gasteiger partial charge in [0.25, 0.3) is 0 Å². The zero-order chi connectivity index (χ0) is 16.5. The molecule has 0 atom stereocenters. The minimum atomic E-state index is -1.11. The van der Waals surface area contributed by atoms with E-state index in [1.54, 1.807) is 12.1 Å². The maximum absolute atomic E-state index is 11.5. The summed E-state index contributed by atoms with van der Waals surface area (Å²) in [6, 6.07) is 13.8. The monoisotopic (exact) mass is 310 g/mol. The van der Waals surface area contributed by atoms with Gasteiger partial charge in [-0.05, 0) is 23.6 Å². The van der Waals surface area contributed by atoms with E-state index in [0.29, 0.717) is 5.69 Å². The minimum Gasteiger partial charge on any atom is -0.477 e. The Morgan fingerprint density at radius 3 is 2.65 bits per heavy atom. The molecule has 2 N–H and O–H groups in total. The van der Waals surface area contributed by atoms with Crippen molar-refractivity contribution < 1.29 is 19.4 Å². The van der Waals surface area contributed by atoms with E-state index in [-0.39, 0.29) is 18.8 Å². The Hall–Kier alpha value is -3.33. The summed E-state index contributed by atoms with van der Waals surface area (Å²) in [4.78, 5) is 26.1. The molecule has 1 aromatic heterocycles. The van der Waals surface area contributed by atoms with E-state index in [4.69, 9.17) is 9.84 Å². The van der Waals surface area contributed by atoms with Crippen molar-refractivity contribution >= 4 is 12.1 Å². The van der Waals surface area contributed by atoms with Crippen LogP contribution in [-0.2, 0) is 11.3 Å². The number of hydrogen-bond donors (Lipinski definition) is 2. The van der Waals surface area contributed by atoms with Crippen molar-refractivity contribution in [1.29, 1.82) is 0 Å². The number of carbonyl (C=O) groups excluding carboxylic acids is 1. The van der Waals surface area contributed by atoms with E-state index in [9.17, 15) is 9.59 Å². The van der Waals surface area contributed by atoms with Crippen LogP contribution in [0.25, 0.3) is 0 Å². The van der Waals surface area contributed by atoms with Crippen LogP contribution in [-0.4, -0.2) is 28.7 Å². The normalized spacial score (nSPS) is 9.39. The molecule has 1 heterocycles. The van der Waals surface area contributed by atoms with Crippen molar-refractivity contribution in [2.45, 2.75) is 6.61 Å². The molecule has 116 valence electrons. The van der Waals surface area contributed by atoms with Gasteiger partial charge in [0, 0.05) is 0 Å². The summed E-state index contributed by atoms with van der Waals surface area (Å²) < 4.78 is 5.02. The third-order valence-corrected chi connectivity index (χ3v) is 2.72. The van der Waals surface area contributed by atoms with Gasteiger partial charge in [-0.1, -0.05) is 42.3 Å². The Labute approximate surface area is 133 Å². The van der Waals surface area contributed by atoms with Gasteiger partial charge in [-0.25, -0.2) is 14.6 Å². The first-order valence-corrected chi connectivity index (χ1v) is 6.79. The summed E-state index contributed by atoms with van der Waals surface area (Å²) >= 11 is 0. The van der Waals surface area contributed by atoms with Crippen LogP contribution in [0, 0.1) is 11.8 Å². The average molecular weight is 310 g/mol. The van der Waals surface area contributed by atoms with Crippen molar-refractivity contribution in [3.05, 3.63) is 65.5 Å². The summed E-state index contributed by atoms with van der Waals surface area (Å²) in [6.07, 6.45) is -0.574. The number of carboxylic acids is 1. The number of alkyl carbamates (subject to hydrolysis) is 1. The van der Waals surface area contributed by atoms with Crippen molar-refractivity contribution in [2.24, 2.45) is 0 Å². The molecule has 0 saturated heterocycles. The van der Waals surface area contributed by atoms with Crippen molar-refractivity contribution in [3.63, 3.8) is 0 Å². The summed E-state index contributed by atoms with van der Waals surface area (Å²) in [5.41, 5.74) is 1.14. The molecule has 0 aliphatic carbocycles. The van der Waals surface area contributed by atoms with Gasteiger partial charge in [-0.3, -0.25) is 0 Å². The lowest BCUT2D eigenvalue weighted by atomic mass is 10.2. The molecule has 0 spiro atoms. The number of carboxylic acid groups (broad SMARTS) is 1. The lowest BCUT2D eigenvalue weighted by Gasteiger charge is -2.04. The third-order valence-electron chi connectivity index (χ3n) is 2.72. The first kappa shape index (κ1) is 16.0. The number of carbonyl (C=O) groups is 2. The molecule has 0 bridgehead atoms. The summed E-state index contributed by atoms with van der Waals surface area (Å²) in [5, 5.41) is 11.3. The number of nitrogens with zero attached hydrogens (tertiary/aromatic N) is 1. The number of nitrogens with one attached hydrogen (secondary N) is 1. The fourth-order valence-electron chi connectivity index (χ4n) is 1.65. The fourth-order valence-corrected chi connectivity index (χ4v) is 1.65. The maximum Gasteiger partial charge on any atom is 0.408 e. The second-order valence-corrected chi connectivity index (χ2v) is 4.43. The highest BCUT2D eigenvalue weighted by molar-refractivity contribution is 5.85. The summed E-state index contributed by atoms with van der Waals surface area (Å²) in [5.74, 6) is 4.24. The van der Waals surface area contributed by atoms with Crippen molar-refractivity contribution in [1.82, 2.24) is 10.3 Å². The molecular formula is C17H14N2O4. The molecule has 0 saturated carbocycles. The molecule has 1 aromatic carbocycles. The van der Waals surface area contributed by atoms with Gasteiger partial charge in [0.15, 0.2) is 0 Å². The highest BCUT2D eigenvalue weighted by atomic mass is 16.5. The van der Waals surface area contributed by atoms with Gasteiger partial charge in [0.2, 0.25) is 0 Å². The van der Waals surface area contributed by atoms with Crippen LogP contribution in [0.2, 0.25) is 0 Å². The van der Waals surface area contributed by atoms with Crippen LogP contribution in [0.1, 0.15) is 21.7 Å². The Morgan fingerprint density at radius 1 is 1.13 bits per heavy atom. The van der Waals surface area contributed by atoms with Crippen LogP contribution >= 0.6 is 0 Å². The molecule has 0 aliphatic heterocycles. The van der Waals surface area contributed by atoms with Crippen molar-refractivity contribution in [2.75, 3.05) is 6.54 Å². The zero-order valence-corrected chi connectivity index (χ0v) is 12.2. The van der Waals surface area contributed by atoms with E-state index < -0.39 is 12.1 Å². The van der Waals surface area contributed by atoms with E-state index in [2.05, 4.69) is 22.1 Å². The first-order chi connectivity index (χ1) is 11.1. The third kappa shape index (κ3) is 5.52. The number of amides is 1. The molecular weight excluding hydrogens is 296 g/mol. The second-order valence-electron chi connectivity index (χ2n) is 4.43. The topological polar surface area (TPSA) is 88.5 Å². The van der Waals surface area contributed by atoms with E-state index >= 15 is 0 Å². The smallest absolute Gasteiger partial charge is 0.408 e. The van der Waals surface area contributed by atoms with Crippen LogP contribution in [0.15, 0.2) is 48.5 Å². The van der Waals surface area contributed by atoms with Gasteiger partial charge in [-0.2, -0.15) is 0 Å². The van der Waals surface area contributed by atoms with Gasteiger partial charge >= 0.3 is 12.1 Å². The molecule has 23 heavy (non-hydrogen) atoms. The van der Waals surface area contributed by atoms with Gasteiger partial charge < -0.3 is 15.2 Å². The predicted octanol–water partition coefficient (Wildman–Crippen LogP) is 2.06. The Bertz CT molecular complexity index is 748.